The SMILES string of the molecule is COCC1CCCN(c2nc3sccn3c2C=O)C1. The van der Waals surface area contributed by atoms with Crippen LogP contribution in [0.2, 0.25) is 0 Å². The number of hydrogen-bond donors (Lipinski definition) is 0. The van der Waals surface area contributed by atoms with Crippen molar-refractivity contribution in [3.05, 3.63) is 17.3 Å². The zero-order valence-corrected chi connectivity index (χ0v) is 11.7. The number of carbonyl (C=O) groups excluding carboxylic acids is 1. The van der Waals surface area contributed by atoms with Crippen molar-refractivity contribution in [2.45, 2.75) is 12.8 Å². The second-order valence-electron chi connectivity index (χ2n) is 4.90. The molecule has 2 aromatic heterocycles. The number of nitrogens with zero attached hydrogens (tertiary/aromatic N) is 3. The molecule has 0 radical (unpaired) electrons. The van der Waals surface area contributed by atoms with Crippen molar-refractivity contribution in [1.82, 2.24) is 9.38 Å². The van der Waals surface area contributed by atoms with Crippen LogP contribution >= 0.6 is 11.3 Å². The third-order valence-electron chi connectivity index (χ3n) is 3.61. The summed E-state index contributed by atoms with van der Waals surface area (Å²) in [5.41, 5.74) is 0.661. The molecule has 0 amide bonds. The van der Waals surface area contributed by atoms with Crippen molar-refractivity contribution >= 4 is 28.4 Å². The van der Waals surface area contributed by atoms with Gasteiger partial charge in [-0.2, -0.15) is 0 Å². The molecule has 3 rings (SSSR count). The number of imidazole rings is 1. The molecular formula is C13H17N3O2S. The van der Waals surface area contributed by atoms with Crippen molar-refractivity contribution < 1.29 is 9.53 Å². The molecule has 102 valence electrons. The van der Waals surface area contributed by atoms with Gasteiger partial charge in [-0.1, -0.05) is 0 Å². The Morgan fingerprint density at radius 2 is 2.53 bits per heavy atom. The first kappa shape index (κ1) is 12.6. The van der Waals surface area contributed by atoms with Gasteiger partial charge in [0.05, 0.1) is 6.61 Å². The van der Waals surface area contributed by atoms with Gasteiger partial charge in [0.15, 0.2) is 17.1 Å². The number of rotatable bonds is 4. The molecule has 1 unspecified atom stereocenters. The summed E-state index contributed by atoms with van der Waals surface area (Å²) in [5, 5.41) is 1.95. The van der Waals surface area contributed by atoms with Gasteiger partial charge in [-0.05, 0) is 18.8 Å². The van der Waals surface area contributed by atoms with Crippen molar-refractivity contribution in [3.8, 4) is 0 Å². The summed E-state index contributed by atoms with van der Waals surface area (Å²) in [7, 11) is 1.74. The summed E-state index contributed by atoms with van der Waals surface area (Å²) in [4.78, 5) is 19.0. The monoisotopic (exact) mass is 279 g/mol. The molecule has 0 N–H and O–H groups in total. The molecule has 1 fully saturated rings. The smallest absolute Gasteiger partial charge is 0.196 e. The maximum Gasteiger partial charge on any atom is 0.196 e. The van der Waals surface area contributed by atoms with Crippen LogP contribution < -0.4 is 4.90 Å². The van der Waals surface area contributed by atoms with E-state index in [0.717, 1.165) is 43.2 Å². The number of aromatic nitrogens is 2. The quantitative estimate of drug-likeness (QED) is 0.804. The highest BCUT2D eigenvalue weighted by Gasteiger charge is 2.25. The summed E-state index contributed by atoms with van der Waals surface area (Å²) >= 11 is 1.55. The lowest BCUT2D eigenvalue weighted by Gasteiger charge is -2.32. The fraction of sp³-hybridized carbons (Fsp3) is 0.538. The summed E-state index contributed by atoms with van der Waals surface area (Å²) in [6, 6.07) is 0. The lowest BCUT2D eigenvalue weighted by molar-refractivity contribution is 0.111. The topological polar surface area (TPSA) is 46.8 Å². The van der Waals surface area contributed by atoms with Gasteiger partial charge in [0.2, 0.25) is 0 Å². The molecule has 0 aliphatic carbocycles. The standard InChI is InChI=1S/C13H17N3O2S/c1-18-9-10-3-2-4-15(7-10)12-11(8-17)16-5-6-19-13(16)14-12/h5-6,8,10H,2-4,7,9H2,1H3. The fourth-order valence-corrected chi connectivity index (χ4v) is 3.48. The number of ether oxygens (including phenoxy) is 1. The number of aldehydes is 1. The largest absolute Gasteiger partial charge is 0.384 e. The zero-order chi connectivity index (χ0) is 13.2. The zero-order valence-electron chi connectivity index (χ0n) is 10.9. The Bertz CT molecular complexity index is 575. The molecular weight excluding hydrogens is 262 g/mol. The minimum absolute atomic E-state index is 0.526. The number of anilines is 1. The van der Waals surface area contributed by atoms with Gasteiger partial charge >= 0.3 is 0 Å². The van der Waals surface area contributed by atoms with Crippen LogP contribution in [0.15, 0.2) is 11.6 Å². The van der Waals surface area contributed by atoms with Crippen LogP contribution in [0.1, 0.15) is 23.3 Å². The predicted octanol–water partition coefficient (Wildman–Crippen LogP) is 2.07. The molecule has 0 saturated carbocycles. The molecule has 1 atom stereocenters. The van der Waals surface area contributed by atoms with Crippen LogP contribution in [0.4, 0.5) is 5.82 Å². The number of carbonyl (C=O) groups is 1. The summed E-state index contributed by atoms with van der Waals surface area (Å²) in [6.07, 6.45) is 5.11. The summed E-state index contributed by atoms with van der Waals surface area (Å²) in [6.45, 7) is 2.65. The normalized spacial score (nSPS) is 20.1. The van der Waals surface area contributed by atoms with Crippen molar-refractivity contribution in [1.29, 1.82) is 0 Å². The first-order chi connectivity index (χ1) is 9.33. The minimum atomic E-state index is 0.526. The lowest BCUT2D eigenvalue weighted by atomic mass is 9.99. The molecule has 1 aliphatic rings. The number of piperidine rings is 1. The van der Waals surface area contributed by atoms with E-state index in [0.29, 0.717) is 11.6 Å². The van der Waals surface area contributed by atoms with E-state index in [4.69, 9.17) is 4.74 Å². The van der Waals surface area contributed by atoms with Gasteiger partial charge in [-0.25, -0.2) is 4.98 Å². The van der Waals surface area contributed by atoms with Gasteiger partial charge < -0.3 is 9.64 Å². The Labute approximate surface area is 115 Å². The van der Waals surface area contributed by atoms with E-state index in [1.807, 2.05) is 16.0 Å². The molecule has 6 heteroatoms. The Morgan fingerprint density at radius 3 is 3.32 bits per heavy atom. The maximum atomic E-state index is 11.3. The van der Waals surface area contributed by atoms with E-state index < -0.39 is 0 Å². The Kier molecular flexibility index (Phi) is 3.52. The van der Waals surface area contributed by atoms with Gasteiger partial charge in [0, 0.05) is 31.8 Å². The van der Waals surface area contributed by atoms with Gasteiger partial charge in [-0.15, -0.1) is 11.3 Å². The van der Waals surface area contributed by atoms with Crippen LogP contribution in [0.5, 0.6) is 0 Å². The minimum Gasteiger partial charge on any atom is -0.384 e. The summed E-state index contributed by atoms with van der Waals surface area (Å²) < 4.78 is 7.11. The molecule has 1 saturated heterocycles. The van der Waals surface area contributed by atoms with E-state index in [9.17, 15) is 4.79 Å². The van der Waals surface area contributed by atoms with Crippen molar-refractivity contribution in [2.75, 3.05) is 31.7 Å². The number of fused-ring (bicyclic) bond motifs is 1. The number of thiazole rings is 1. The number of hydrogen-bond acceptors (Lipinski definition) is 5. The summed E-state index contributed by atoms with van der Waals surface area (Å²) in [5.74, 6) is 1.35. The van der Waals surface area contributed by atoms with E-state index in [2.05, 4.69) is 9.88 Å². The average molecular weight is 279 g/mol. The maximum absolute atomic E-state index is 11.3. The highest BCUT2D eigenvalue weighted by atomic mass is 32.1. The molecule has 0 aromatic carbocycles. The van der Waals surface area contributed by atoms with Crippen molar-refractivity contribution in [2.24, 2.45) is 5.92 Å². The third-order valence-corrected chi connectivity index (χ3v) is 4.37. The predicted molar refractivity (Wildman–Crippen MR) is 75.3 cm³/mol. The second kappa shape index (κ2) is 5.30. The molecule has 0 bridgehead atoms. The Hall–Kier alpha value is -1.40. The van der Waals surface area contributed by atoms with E-state index >= 15 is 0 Å². The van der Waals surface area contributed by atoms with E-state index in [1.165, 1.54) is 6.42 Å². The molecule has 1 aliphatic heterocycles. The highest BCUT2D eigenvalue weighted by Crippen LogP contribution is 2.27. The van der Waals surface area contributed by atoms with Crippen LogP contribution in [-0.4, -0.2) is 42.5 Å². The van der Waals surface area contributed by atoms with Gasteiger partial charge in [0.25, 0.3) is 0 Å². The third kappa shape index (κ3) is 2.26. The molecule has 2 aromatic rings. The van der Waals surface area contributed by atoms with Crippen LogP contribution in [0.25, 0.3) is 4.96 Å². The Morgan fingerprint density at radius 1 is 1.63 bits per heavy atom. The fourth-order valence-electron chi connectivity index (χ4n) is 2.76. The number of methoxy groups -OCH3 is 1. The van der Waals surface area contributed by atoms with Gasteiger partial charge in [-0.3, -0.25) is 9.20 Å². The van der Waals surface area contributed by atoms with Crippen molar-refractivity contribution in [3.63, 3.8) is 0 Å². The van der Waals surface area contributed by atoms with Crippen LogP contribution in [0.3, 0.4) is 0 Å². The Balaban J connectivity index is 1.90. The average Bonchev–Trinajstić information content (AvgIpc) is 2.99. The lowest BCUT2D eigenvalue weighted by Crippen LogP contribution is -2.37. The molecule has 3 heterocycles. The van der Waals surface area contributed by atoms with E-state index in [-0.39, 0.29) is 0 Å². The van der Waals surface area contributed by atoms with Gasteiger partial charge in [0.1, 0.15) is 5.69 Å². The van der Waals surface area contributed by atoms with Crippen LogP contribution in [0, 0.1) is 5.92 Å². The highest BCUT2D eigenvalue weighted by molar-refractivity contribution is 7.15. The molecule has 0 spiro atoms. The first-order valence-electron chi connectivity index (χ1n) is 6.48. The second-order valence-corrected chi connectivity index (χ2v) is 5.78. The van der Waals surface area contributed by atoms with Crippen LogP contribution in [-0.2, 0) is 4.74 Å². The molecule has 19 heavy (non-hydrogen) atoms. The van der Waals surface area contributed by atoms with E-state index in [1.54, 1.807) is 18.4 Å². The first-order valence-corrected chi connectivity index (χ1v) is 7.36. The molecule has 5 nitrogen and oxygen atoms in total.